The molecule has 1 rings (SSSR count). The monoisotopic (exact) mass is 213 g/mol. The predicted molar refractivity (Wildman–Crippen MR) is 56.4 cm³/mol. The molecule has 0 saturated heterocycles. The second-order valence-electron chi connectivity index (χ2n) is 3.66. The number of hydrogen-bond donors (Lipinski definition) is 1. The Kier molecular flexibility index (Phi) is 4.23. The van der Waals surface area contributed by atoms with E-state index in [-0.39, 0.29) is 18.8 Å². The number of hydrogen-bond acceptors (Lipinski definition) is 4. The van der Waals surface area contributed by atoms with Gasteiger partial charge in [-0.2, -0.15) is 0 Å². The zero-order valence-electron chi connectivity index (χ0n) is 9.77. The van der Waals surface area contributed by atoms with Gasteiger partial charge in [0.1, 0.15) is 5.69 Å². The molecule has 5 heteroatoms. The fourth-order valence-electron chi connectivity index (χ4n) is 1.48. The molecule has 0 fully saturated rings. The number of methoxy groups -OCH3 is 1. The van der Waals surface area contributed by atoms with Gasteiger partial charge < -0.3 is 9.84 Å². The Bertz CT molecular complexity index is 312. The van der Waals surface area contributed by atoms with Gasteiger partial charge in [-0.3, -0.25) is 0 Å². The maximum Gasteiger partial charge on any atom is 0.114 e. The molecular weight excluding hydrogens is 194 g/mol. The van der Waals surface area contributed by atoms with Crippen molar-refractivity contribution in [3.8, 4) is 0 Å². The normalized spacial score (nSPS) is 15.3. The van der Waals surface area contributed by atoms with E-state index in [0.29, 0.717) is 5.69 Å². The molecule has 0 aliphatic heterocycles. The van der Waals surface area contributed by atoms with Crippen molar-refractivity contribution in [1.82, 2.24) is 15.0 Å². The zero-order chi connectivity index (χ0) is 11.4. The third kappa shape index (κ3) is 2.35. The van der Waals surface area contributed by atoms with E-state index in [9.17, 15) is 0 Å². The van der Waals surface area contributed by atoms with E-state index in [0.717, 1.165) is 12.1 Å². The Labute approximate surface area is 90.1 Å². The fraction of sp³-hybridized carbons (Fsp3) is 0.800. The number of rotatable bonds is 5. The van der Waals surface area contributed by atoms with Crippen LogP contribution in [0.1, 0.15) is 50.7 Å². The summed E-state index contributed by atoms with van der Waals surface area (Å²) in [6, 6.07) is 0.269. The third-order valence-electron chi connectivity index (χ3n) is 2.70. The molecule has 2 unspecified atom stereocenters. The van der Waals surface area contributed by atoms with E-state index >= 15 is 0 Å². The van der Waals surface area contributed by atoms with Crippen molar-refractivity contribution in [3.05, 3.63) is 11.4 Å². The summed E-state index contributed by atoms with van der Waals surface area (Å²) in [5.41, 5.74) is 1.47. The van der Waals surface area contributed by atoms with Crippen molar-refractivity contribution in [2.24, 2.45) is 0 Å². The molecule has 0 aliphatic carbocycles. The van der Waals surface area contributed by atoms with Gasteiger partial charge in [-0.15, -0.1) is 5.10 Å². The van der Waals surface area contributed by atoms with E-state index in [1.807, 2.05) is 11.6 Å². The first kappa shape index (κ1) is 12.1. The lowest BCUT2D eigenvalue weighted by molar-refractivity contribution is 0.107. The van der Waals surface area contributed by atoms with Crippen LogP contribution in [0.3, 0.4) is 0 Å². The lowest BCUT2D eigenvalue weighted by atomic mass is 10.2. The Balaban J connectivity index is 3.10. The zero-order valence-corrected chi connectivity index (χ0v) is 9.77. The topological polar surface area (TPSA) is 60.2 Å². The number of ether oxygens (including phenoxy) is 1. The van der Waals surface area contributed by atoms with Gasteiger partial charge in [0.2, 0.25) is 0 Å². The van der Waals surface area contributed by atoms with Crippen molar-refractivity contribution in [2.75, 3.05) is 7.11 Å². The van der Waals surface area contributed by atoms with Crippen molar-refractivity contribution < 1.29 is 9.84 Å². The smallest absolute Gasteiger partial charge is 0.114 e. The van der Waals surface area contributed by atoms with Gasteiger partial charge in [-0.25, -0.2) is 4.68 Å². The molecule has 0 bridgehead atoms. The van der Waals surface area contributed by atoms with Gasteiger partial charge in [0.25, 0.3) is 0 Å². The van der Waals surface area contributed by atoms with Gasteiger partial charge in [-0.1, -0.05) is 12.1 Å². The van der Waals surface area contributed by atoms with E-state index in [1.54, 1.807) is 7.11 Å². The maximum atomic E-state index is 9.16. The average Bonchev–Trinajstić information content (AvgIpc) is 2.70. The third-order valence-corrected chi connectivity index (χ3v) is 2.70. The number of aliphatic hydroxyl groups is 1. The number of aliphatic hydroxyl groups excluding tert-OH is 1. The predicted octanol–water partition coefficient (Wildman–Crippen LogP) is 1.45. The molecule has 0 aromatic carbocycles. The Morgan fingerprint density at radius 2 is 2.13 bits per heavy atom. The van der Waals surface area contributed by atoms with Crippen LogP contribution >= 0.6 is 0 Å². The van der Waals surface area contributed by atoms with Gasteiger partial charge in [0.15, 0.2) is 0 Å². The Morgan fingerprint density at radius 3 is 2.60 bits per heavy atom. The Morgan fingerprint density at radius 1 is 1.47 bits per heavy atom. The molecule has 1 aromatic heterocycles. The van der Waals surface area contributed by atoms with Crippen molar-refractivity contribution in [3.63, 3.8) is 0 Å². The van der Waals surface area contributed by atoms with Crippen LogP contribution in [0.15, 0.2) is 0 Å². The van der Waals surface area contributed by atoms with E-state index in [1.165, 1.54) is 0 Å². The average molecular weight is 213 g/mol. The first-order valence-electron chi connectivity index (χ1n) is 5.23. The molecule has 0 aliphatic rings. The van der Waals surface area contributed by atoms with Crippen LogP contribution in [-0.2, 0) is 11.3 Å². The second-order valence-corrected chi connectivity index (χ2v) is 3.66. The summed E-state index contributed by atoms with van der Waals surface area (Å²) in [4.78, 5) is 0. The van der Waals surface area contributed by atoms with Crippen LogP contribution in [0.5, 0.6) is 0 Å². The largest absolute Gasteiger partial charge is 0.390 e. The minimum atomic E-state index is -0.101. The standard InChI is InChI=1S/C10H19N3O2/c1-5-7(2)13-10(8(3)15-4)9(6-14)11-12-13/h7-8,14H,5-6H2,1-4H3. The van der Waals surface area contributed by atoms with Crippen LogP contribution in [0.4, 0.5) is 0 Å². The summed E-state index contributed by atoms with van der Waals surface area (Å²) in [5.74, 6) is 0. The summed E-state index contributed by atoms with van der Waals surface area (Å²) >= 11 is 0. The van der Waals surface area contributed by atoms with Crippen LogP contribution in [0.25, 0.3) is 0 Å². The molecule has 2 atom stereocenters. The van der Waals surface area contributed by atoms with Gasteiger partial charge >= 0.3 is 0 Å². The number of aromatic nitrogens is 3. The molecule has 1 N–H and O–H groups in total. The van der Waals surface area contributed by atoms with Crippen molar-refractivity contribution >= 4 is 0 Å². The molecule has 15 heavy (non-hydrogen) atoms. The fourth-order valence-corrected chi connectivity index (χ4v) is 1.48. The lowest BCUT2D eigenvalue weighted by Crippen LogP contribution is -2.14. The molecule has 86 valence electrons. The summed E-state index contributed by atoms with van der Waals surface area (Å²) in [7, 11) is 1.64. The van der Waals surface area contributed by atoms with Gasteiger partial charge in [0.05, 0.1) is 24.4 Å². The number of nitrogens with zero attached hydrogens (tertiary/aromatic N) is 3. The molecule has 0 amide bonds. The summed E-state index contributed by atoms with van der Waals surface area (Å²) in [6.07, 6.45) is 0.869. The van der Waals surface area contributed by atoms with Crippen LogP contribution in [-0.4, -0.2) is 27.2 Å². The molecule has 0 spiro atoms. The van der Waals surface area contributed by atoms with Crippen molar-refractivity contribution in [1.29, 1.82) is 0 Å². The van der Waals surface area contributed by atoms with Crippen LogP contribution < -0.4 is 0 Å². The maximum absolute atomic E-state index is 9.16. The second kappa shape index (κ2) is 5.23. The highest BCUT2D eigenvalue weighted by Gasteiger charge is 2.20. The summed E-state index contributed by atoms with van der Waals surface area (Å²) in [6.45, 7) is 5.99. The SMILES string of the molecule is CCC(C)n1nnc(CO)c1C(C)OC. The van der Waals surface area contributed by atoms with E-state index in [4.69, 9.17) is 9.84 Å². The summed E-state index contributed by atoms with van der Waals surface area (Å²) in [5, 5.41) is 17.2. The van der Waals surface area contributed by atoms with Crippen molar-refractivity contribution in [2.45, 2.75) is 45.9 Å². The van der Waals surface area contributed by atoms with Crippen LogP contribution in [0.2, 0.25) is 0 Å². The van der Waals surface area contributed by atoms with E-state index in [2.05, 4.69) is 24.2 Å². The molecule has 1 aromatic rings. The molecular formula is C10H19N3O2. The molecule has 0 saturated carbocycles. The highest BCUT2D eigenvalue weighted by atomic mass is 16.5. The minimum Gasteiger partial charge on any atom is -0.390 e. The van der Waals surface area contributed by atoms with Gasteiger partial charge in [-0.05, 0) is 20.3 Å². The molecule has 1 heterocycles. The molecule has 0 radical (unpaired) electrons. The molecule has 5 nitrogen and oxygen atoms in total. The first-order chi connectivity index (χ1) is 7.15. The van der Waals surface area contributed by atoms with Gasteiger partial charge in [0, 0.05) is 7.11 Å². The quantitative estimate of drug-likeness (QED) is 0.804. The van der Waals surface area contributed by atoms with E-state index < -0.39 is 0 Å². The lowest BCUT2D eigenvalue weighted by Gasteiger charge is -2.17. The van der Waals surface area contributed by atoms with Crippen LogP contribution in [0, 0.1) is 0 Å². The highest BCUT2D eigenvalue weighted by molar-refractivity contribution is 5.12. The Hall–Kier alpha value is -0.940. The highest BCUT2D eigenvalue weighted by Crippen LogP contribution is 2.23. The summed E-state index contributed by atoms with van der Waals surface area (Å²) < 4.78 is 7.09. The first-order valence-corrected chi connectivity index (χ1v) is 5.23. The minimum absolute atomic E-state index is 0.0978.